The van der Waals surface area contributed by atoms with Gasteiger partial charge in [0.1, 0.15) is 0 Å². The Kier molecular flexibility index (Phi) is 3.94. The van der Waals surface area contributed by atoms with Crippen molar-refractivity contribution in [3.05, 3.63) is 24.3 Å². The Balaban J connectivity index is 2.32. The fraction of sp³-hybridized carbons (Fsp3) is 0.500. The lowest BCUT2D eigenvalue weighted by Gasteiger charge is -2.16. The summed E-state index contributed by atoms with van der Waals surface area (Å²) in [6.07, 6.45) is 0. The summed E-state index contributed by atoms with van der Waals surface area (Å²) in [4.78, 5) is -0.00851. The number of benzene rings is 1. The molecule has 1 fully saturated rings. The van der Waals surface area contributed by atoms with Crippen molar-refractivity contribution in [3.63, 3.8) is 0 Å². The van der Waals surface area contributed by atoms with Gasteiger partial charge in [-0.3, -0.25) is 0 Å². The Morgan fingerprint density at radius 2 is 1.35 bits per heavy atom. The summed E-state index contributed by atoms with van der Waals surface area (Å²) in [5.41, 5.74) is 0. The normalized spacial score (nSPS) is 24.9. The Hall–Kier alpha value is -0.960. The van der Waals surface area contributed by atoms with E-state index in [0.29, 0.717) is 24.9 Å². The van der Waals surface area contributed by atoms with Gasteiger partial charge in [0.25, 0.3) is 0 Å². The van der Waals surface area contributed by atoms with Crippen molar-refractivity contribution in [2.24, 2.45) is 17.0 Å². The third-order valence-electron chi connectivity index (χ3n) is 3.74. The van der Waals surface area contributed by atoms with Gasteiger partial charge in [-0.15, -0.1) is 0 Å². The molecular weight excluding hydrogens is 300 g/mol. The van der Waals surface area contributed by atoms with Gasteiger partial charge < -0.3 is 0 Å². The van der Waals surface area contributed by atoms with E-state index in [1.807, 2.05) is 13.8 Å². The average molecular weight is 318 g/mol. The van der Waals surface area contributed by atoms with Crippen LogP contribution in [0.5, 0.6) is 0 Å². The fourth-order valence-electron chi connectivity index (χ4n) is 2.22. The Bertz CT molecular complexity index is 685. The van der Waals surface area contributed by atoms with Gasteiger partial charge in [-0.1, -0.05) is 13.8 Å². The molecule has 2 N–H and O–H groups in total. The number of nitrogens with zero attached hydrogens (tertiary/aromatic N) is 1. The molecule has 112 valence electrons. The summed E-state index contributed by atoms with van der Waals surface area (Å²) in [6.45, 7) is 5.01. The number of hydrogen-bond acceptors (Lipinski definition) is 4. The van der Waals surface area contributed by atoms with E-state index in [1.165, 1.54) is 28.6 Å². The van der Waals surface area contributed by atoms with Crippen LogP contribution in [-0.4, -0.2) is 34.2 Å². The maximum atomic E-state index is 12.4. The summed E-state index contributed by atoms with van der Waals surface area (Å²) in [7, 11) is -7.38. The number of sulfonamides is 2. The molecule has 2 rings (SSSR count). The van der Waals surface area contributed by atoms with E-state index in [2.05, 4.69) is 0 Å². The lowest BCUT2D eigenvalue weighted by atomic mass is 10.0. The van der Waals surface area contributed by atoms with Gasteiger partial charge in [0, 0.05) is 13.1 Å². The molecule has 6 nitrogen and oxygen atoms in total. The standard InChI is InChI=1S/C12H18N2O4S2/c1-9-7-14(8-10(9)2)20(17,18)12-5-3-11(4-6-12)19(13,15)16/h3-6,9-10H,7-8H2,1-2H3,(H2,13,15,16). The second-order valence-electron chi connectivity index (χ2n) is 5.29. The molecule has 0 amide bonds. The van der Waals surface area contributed by atoms with Crippen LogP contribution in [0.3, 0.4) is 0 Å². The third kappa shape index (κ3) is 2.88. The van der Waals surface area contributed by atoms with Crippen LogP contribution in [0.2, 0.25) is 0 Å². The first-order valence-corrected chi connectivity index (χ1v) is 9.24. The first-order chi connectivity index (χ1) is 9.12. The maximum Gasteiger partial charge on any atom is 0.243 e. The maximum absolute atomic E-state index is 12.4. The lowest BCUT2D eigenvalue weighted by molar-refractivity contribution is 0.463. The second kappa shape index (κ2) is 5.10. The van der Waals surface area contributed by atoms with Crippen LogP contribution in [0.1, 0.15) is 13.8 Å². The van der Waals surface area contributed by atoms with Crippen LogP contribution in [0.15, 0.2) is 34.1 Å². The Morgan fingerprint density at radius 1 is 0.950 bits per heavy atom. The molecule has 1 saturated heterocycles. The minimum Gasteiger partial charge on any atom is -0.225 e. The van der Waals surface area contributed by atoms with Crippen molar-refractivity contribution >= 4 is 20.0 Å². The van der Waals surface area contributed by atoms with E-state index in [9.17, 15) is 16.8 Å². The van der Waals surface area contributed by atoms with Crippen LogP contribution < -0.4 is 5.14 Å². The van der Waals surface area contributed by atoms with Crippen LogP contribution in [0.25, 0.3) is 0 Å². The van der Waals surface area contributed by atoms with E-state index in [-0.39, 0.29) is 9.79 Å². The van der Waals surface area contributed by atoms with Crippen LogP contribution in [0.4, 0.5) is 0 Å². The highest BCUT2D eigenvalue weighted by molar-refractivity contribution is 7.89. The Morgan fingerprint density at radius 3 is 1.75 bits per heavy atom. The number of primary sulfonamides is 1. The lowest BCUT2D eigenvalue weighted by Crippen LogP contribution is -2.29. The molecule has 0 saturated carbocycles. The summed E-state index contributed by atoms with van der Waals surface area (Å²) in [6, 6.07) is 4.99. The van der Waals surface area contributed by atoms with Crippen molar-refractivity contribution in [2.75, 3.05) is 13.1 Å². The molecule has 20 heavy (non-hydrogen) atoms. The van der Waals surface area contributed by atoms with Crippen LogP contribution in [-0.2, 0) is 20.0 Å². The monoisotopic (exact) mass is 318 g/mol. The van der Waals surface area contributed by atoms with Crippen molar-refractivity contribution in [2.45, 2.75) is 23.6 Å². The van der Waals surface area contributed by atoms with Gasteiger partial charge in [0.2, 0.25) is 20.0 Å². The van der Waals surface area contributed by atoms with Gasteiger partial charge in [-0.25, -0.2) is 22.0 Å². The molecule has 1 aromatic rings. The summed E-state index contributed by atoms with van der Waals surface area (Å²) in [5, 5.41) is 4.99. The molecule has 0 aromatic heterocycles. The van der Waals surface area contributed by atoms with Gasteiger partial charge in [0.05, 0.1) is 9.79 Å². The minimum absolute atomic E-state index is 0.0891. The van der Waals surface area contributed by atoms with Crippen LogP contribution in [0, 0.1) is 11.8 Å². The molecule has 0 bridgehead atoms. The molecular formula is C12H18N2O4S2. The predicted molar refractivity (Wildman–Crippen MR) is 74.9 cm³/mol. The molecule has 0 aliphatic carbocycles. The highest BCUT2D eigenvalue weighted by atomic mass is 32.2. The average Bonchev–Trinajstić information content (AvgIpc) is 2.69. The molecule has 2 atom stereocenters. The largest absolute Gasteiger partial charge is 0.243 e. The van der Waals surface area contributed by atoms with Crippen molar-refractivity contribution in [1.82, 2.24) is 4.31 Å². The third-order valence-corrected chi connectivity index (χ3v) is 6.52. The van der Waals surface area contributed by atoms with E-state index in [1.54, 1.807) is 0 Å². The molecule has 8 heteroatoms. The first-order valence-electron chi connectivity index (χ1n) is 6.25. The zero-order chi connectivity index (χ0) is 15.1. The molecule has 2 unspecified atom stereocenters. The molecule has 1 aliphatic heterocycles. The van der Waals surface area contributed by atoms with Gasteiger partial charge in [0.15, 0.2) is 0 Å². The van der Waals surface area contributed by atoms with Gasteiger partial charge in [-0.05, 0) is 36.1 Å². The van der Waals surface area contributed by atoms with Gasteiger partial charge >= 0.3 is 0 Å². The van der Waals surface area contributed by atoms with Crippen molar-refractivity contribution < 1.29 is 16.8 Å². The summed E-state index contributed by atoms with van der Waals surface area (Å²) < 4.78 is 48.6. The fourth-order valence-corrected chi connectivity index (χ4v) is 4.38. The van der Waals surface area contributed by atoms with Crippen LogP contribution >= 0.6 is 0 Å². The van der Waals surface area contributed by atoms with E-state index >= 15 is 0 Å². The van der Waals surface area contributed by atoms with Crippen molar-refractivity contribution in [3.8, 4) is 0 Å². The number of hydrogen-bond donors (Lipinski definition) is 1. The molecule has 0 spiro atoms. The van der Waals surface area contributed by atoms with Gasteiger partial charge in [-0.2, -0.15) is 4.31 Å². The van der Waals surface area contributed by atoms with E-state index in [4.69, 9.17) is 5.14 Å². The number of rotatable bonds is 3. The predicted octanol–water partition coefficient (Wildman–Crippen LogP) is 0.611. The highest BCUT2D eigenvalue weighted by Gasteiger charge is 2.34. The first kappa shape index (κ1) is 15.4. The van der Waals surface area contributed by atoms with Crippen molar-refractivity contribution in [1.29, 1.82) is 0 Å². The second-order valence-corrected chi connectivity index (χ2v) is 8.79. The summed E-state index contributed by atoms with van der Waals surface area (Å²) in [5.74, 6) is 0.627. The molecule has 1 aliphatic rings. The molecule has 1 aromatic carbocycles. The van der Waals surface area contributed by atoms with E-state index in [0.717, 1.165) is 0 Å². The summed E-state index contributed by atoms with van der Waals surface area (Å²) >= 11 is 0. The quantitative estimate of drug-likeness (QED) is 0.883. The Labute approximate surface area is 119 Å². The SMILES string of the molecule is CC1CN(S(=O)(=O)c2ccc(S(N)(=O)=O)cc2)CC1C. The zero-order valence-electron chi connectivity index (χ0n) is 11.4. The van der Waals surface area contributed by atoms with E-state index < -0.39 is 20.0 Å². The molecule has 0 radical (unpaired) electrons. The topological polar surface area (TPSA) is 97.5 Å². The number of nitrogens with two attached hydrogens (primary N) is 1. The smallest absolute Gasteiger partial charge is 0.225 e. The highest BCUT2D eigenvalue weighted by Crippen LogP contribution is 2.28. The zero-order valence-corrected chi connectivity index (χ0v) is 13.0. The molecule has 1 heterocycles. The minimum atomic E-state index is -3.81.